The number of alkyl halides is 3. The van der Waals surface area contributed by atoms with Crippen LogP contribution in [0, 0.1) is 12.7 Å². The molecule has 0 aliphatic carbocycles. The summed E-state index contributed by atoms with van der Waals surface area (Å²) in [5, 5.41) is 4.66. The van der Waals surface area contributed by atoms with Crippen LogP contribution in [0.2, 0.25) is 0 Å². The normalized spacial score (nSPS) is 18.4. The van der Waals surface area contributed by atoms with Crippen LogP contribution in [0.25, 0.3) is 0 Å². The van der Waals surface area contributed by atoms with E-state index in [1.54, 1.807) is 20.5 Å². The Morgan fingerprint density at radius 1 is 1.02 bits per heavy atom. The number of urea groups is 1. The molecule has 1 aromatic heterocycles. The summed E-state index contributed by atoms with van der Waals surface area (Å²) in [6.07, 6.45) is -1.55. The maximum atomic E-state index is 14.6. The molecular formula is C30H32F4N6O2. The first-order chi connectivity index (χ1) is 20.0. The third-order valence-corrected chi connectivity index (χ3v) is 8.60. The van der Waals surface area contributed by atoms with E-state index < -0.39 is 17.8 Å². The average Bonchev–Trinajstić information content (AvgIpc) is 3.32. The lowest BCUT2D eigenvalue weighted by molar-refractivity contribution is -0.138. The number of fused-ring (bicyclic) bond motifs is 1. The Morgan fingerprint density at radius 2 is 1.74 bits per heavy atom. The number of likely N-dealkylation sites (tertiary alicyclic amines) is 1. The van der Waals surface area contributed by atoms with E-state index >= 15 is 0 Å². The number of carbonyl (C=O) groups excluding carboxylic acids is 2. The summed E-state index contributed by atoms with van der Waals surface area (Å²) in [5.74, 6) is 0.0224. The van der Waals surface area contributed by atoms with Crippen LogP contribution in [0.3, 0.4) is 0 Å². The van der Waals surface area contributed by atoms with Crippen LogP contribution in [0.1, 0.15) is 48.1 Å². The molecule has 0 saturated carbocycles. The fraction of sp³-hybridized carbons (Fsp3) is 0.433. The molecule has 0 unspecified atom stereocenters. The van der Waals surface area contributed by atoms with Gasteiger partial charge in [-0.15, -0.1) is 0 Å². The second-order valence-electron chi connectivity index (χ2n) is 11.3. The summed E-state index contributed by atoms with van der Waals surface area (Å²) in [4.78, 5) is 32.5. The first kappa shape index (κ1) is 28.0. The van der Waals surface area contributed by atoms with Gasteiger partial charge in [0.05, 0.1) is 30.4 Å². The molecule has 3 aromatic rings. The number of carbonyl (C=O) groups is 2. The molecule has 42 heavy (non-hydrogen) atoms. The van der Waals surface area contributed by atoms with Gasteiger partial charge in [0, 0.05) is 50.9 Å². The second kappa shape index (κ2) is 10.6. The molecule has 3 aliphatic rings. The number of piperidine rings is 1. The van der Waals surface area contributed by atoms with E-state index in [1.165, 1.54) is 36.1 Å². The minimum atomic E-state index is -4.57. The molecule has 2 aromatic carbocycles. The van der Waals surface area contributed by atoms with Crippen molar-refractivity contribution in [3.8, 4) is 0 Å². The van der Waals surface area contributed by atoms with Gasteiger partial charge in [-0.3, -0.25) is 14.4 Å². The smallest absolute Gasteiger partial charge is 0.369 e. The van der Waals surface area contributed by atoms with Gasteiger partial charge in [0.1, 0.15) is 5.82 Å². The van der Waals surface area contributed by atoms with Crippen LogP contribution >= 0.6 is 0 Å². The highest BCUT2D eigenvalue weighted by atomic mass is 19.4. The third kappa shape index (κ3) is 5.07. The van der Waals surface area contributed by atoms with Crippen molar-refractivity contribution < 1.29 is 27.2 Å². The van der Waals surface area contributed by atoms with Crippen molar-refractivity contribution in [1.82, 2.24) is 19.6 Å². The number of rotatable bonds is 5. The van der Waals surface area contributed by atoms with E-state index in [0.717, 1.165) is 17.2 Å². The molecule has 12 heteroatoms. The fourth-order valence-corrected chi connectivity index (χ4v) is 6.28. The monoisotopic (exact) mass is 584 g/mol. The first-order valence-electron chi connectivity index (χ1n) is 14.1. The van der Waals surface area contributed by atoms with Crippen LogP contribution in [0.4, 0.5) is 33.9 Å². The van der Waals surface area contributed by atoms with Crippen molar-refractivity contribution in [2.45, 2.75) is 58.0 Å². The average molecular weight is 585 g/mol. The quantitative estimate of drug-likeness (QED) is 0.379. The van der Waals surface area contributed by atoms with Gasteiger partial charge in [-0.2, -0.15) is 18.3 Å². The molecule has 2 fully saturated rings. The van der Waals surface area contributed by atoms with Gasteiger partial charge in [-0.1, -0.05) is 30.3 Å². The summed E-state index contributed by atoms with van der Waals surface area (Å²) in [6, 6.07) is 9.61. The molecule has 222 valence electrons. The van der Waals surface area contributed by atoms with Crippen molar-refractivity contribution in [3.05, 3.63) is 76.7 Å². The lowest BCUT2D eigenvalue weighted by Crippen LogP contribution is -2.54. The Labute approximate surface area is 241 Å². The molecule has 0 bridgehead atoms. The molecular weight excluding hydrogens is 552 g/mol. The van der Waals surface area contributed by atoms with Gasteiger partial charge in [0.25, 0.3) is 0 Å². The van der Waals surface area contributed by atoms with Crippen molar-refractivity contribution in [3.63, 3.8) is 0 Å². The standard InChI is InChI=1S/C30H32F4N6O2/c1-19-6-5-9-26(31)27(19)36-12-10-23(11-13-36)38-15-22-16-40(24-17-37(18-24)20(2)41)35-28(22)39(29(38)42)14-21-7-3-4-8-25(21)30(32,33)34/h3-9,16,23-24H,10-15,17-18H2,1-2H3. The first-order valence-corrected chi connectivity index (χ1v) is 14.1. The van der Waals surface area contributed by atoms with Crippen molar-refractivity contribution in [2.24, 2.45) is 0 Å². The molecule has 0 atom stereocenters. The largest absolute Gasteiger partial charge is 0.416 e. The number of nitrogens with zero attached hydrogens (tertiary/aromatic N) is 6. The van der Waals surface area contributed by atoms with Crippen molar-refractivity contribution >= 4 is 23.4 Å². The fourth-order valence-electron chi connectivity index (χ4n) is 6.28. The number of halogens is 4. The van der Waals surface area contributed by atoms with Crippen LogP contribution in [0.5, 0.6) is 0 Å². The molecule has 0 spiro atoms. The van der Waals surface area contributed by atoms with E-state index in [1.807, 2.05) is 24.1 Å². The third-order valence-electron chi connectivity index (χ3n) is 8.60. The Morgan fingerprint density at radius 3 is 2.40 bits per heavy atom. The number of amides is 3. The van der Waals surface area contributed by atoms with Crippen molar-refractivity contribution in [1.29, 1.82) is 0 Å². The molecule has 6 rings (SSSR count). The van der Waals surface area contributed by atoms with Gasteiger partial charge in [-0.25, -0.2) is 9.18 Å². The molecule has 8 nitrogen and oxygen atoms in total. The molecule has 4 heterocycles. The summed E-state index contributed by atoms with van der Waals surface area (Å²) in [7, 11) is 0. The van der Waals surface area contributed by atoms with Gasteiger partial charge >= 0.3 is 12.2 Å². The highest BCUT2D eigenvalue weighted by molar-refractivity contribution is 5.94. The number of aryl methyl sites for hydroxylation is 1. The Bertz CT molecular complexity index is 1490. The lowest BCUT2D eigenvalue weighted by Gasteiger charge is -2.43. The van der Waals surface area contributed by atoms with Crippen molar-refractivity contribution in [2.75, 3.05) is 36.0 Å². The Balaban J connectivity index is 1.28. The van der Waals surface area contributed by atoms with Gasteiger partial charge in [0.2, 0.25) is 5.91 Å². The minimum Gasteiger partial charge on any atom is -0.369 e. The molecule has 0 N–H and O–H groups in total. The van der Waals surface area contributed by atoms with E-state index in [9.17, 15) is 27.2 Å². The lowest BCUT2D eigenvalue weighted by atomic mass is 10.00. The highest BCUT2D eigenvalue weighted by Gasteiger charge is 2.41. The Kier molecular flexibility index (Phi) is 7.10. The predicted octanol–water partition coefficient (Wildman–Crippen LogP) is 5.36. The van der Waals surface area contributed by atoms with Crippen LogP contribution in [-0.4, -0.2) is 63.7 Å². The van der Waals surface area contributed by atoms with Crippen LogP contribution in [0.15, 0.2) is 48.7 Å². The summed E-state index contributed by atoms with van der Waals surface area (Å²) in [5.41, 5.74) is 1.34. The number of benzene rings is 2. The van der Waals surface area contributed by atoms with E-state index in [0.29, 0.717) is 50.5 Å². The van der Waals surface area contributed by atoms with E-state index in [2.05, 4.69) is 5.10 Å². The molecule has 0 radical (unpaired) electrons. The Hall–Kier alpha value is -4.09. The molecule has 3 aliphatic heterocycles. The van der Waals surface area contributed by atoms with Gasteiger partial charge in [-0.05, 0) is 43.0 Å². The van der Waals surface area contributed by atoms with Gasteiger partial charge < -0.3 is 14.7 Å². The number of hydrogen-bond acceptors (Lipinski definition) is 4. The van der Waals surface area contributed by atoms with Gasteiger partial charge in [0.15, 0.2) is 5.82 Å². The maximum absolute atomic E-state index is 14.6. The van der Waals surface area contributed by atoms with E-state index in [-0.39, 0.29) is 42.5 Å². The SMILES string of the molecule is CC(=O)N1CC(n2cc3c(n2)N(Cc2ccccc2C(F)(F)F)C(=O)N(C2CCN(c4c(C)cccc4F)CC2)C3)C1. The number of aromatic nitrogens is 2. The molecule has 2 saturated heterocycles. The second-order valence-corrected chi connectivity index (χ2v) is 11.3. The zero-order valence-electron chi connectivity index (χ0n) is 23.4. The summed E-state index contributed by atoms with van der Waals surface area (Å²) < 4.78 is 58.0. The maximum Gasteiger partial charge on any atom is 0.416 e. The minimum absolute atomic E-state index is 0.0167. The number of para-hydroxylation sites is 1. The summed E-state index contributed by atoms with van der Waals surface area (Å²) in [6.45, 7) is 5.41. The zero-order chi connectivity index (χ0) is 29.8. The number of hydrogen-bond donors (Lipinski definition) is 0. The topological polar surface area (TPSA) is 64.9 Å². The predicted molar refractivity (Wildman–Crippen MR) is 148 cm³/mol. The highest BCUT2D eigenvalue weighted by Crippen LogP contribution is 2.38. The van der Waals surface area contributed by atoms with Crippen LogP contribution in [-0.2, 0) is 24.1 Å². The number of anilines is 2. The molecule has 3 amide bonds. The van der Waals surface area contributed by atoms with E-state index in [4.69, 9.17) is 0 Å². The zero-order valence-corrected chi connectivity index (χ0v) is 23.4. The van der Waals surface area contributed by atoms with Crippen LogP contribution < -0.4 is 9.80 Å². The summed E-state index contributed by atoms with van der Waals surface area (Å²) >= 11 is 0.